The maximum absolute atomic E-state index is 11.0. The van der Waals surface area contributed by atoms with E-state index in [9.17, 15) is 16.8 Å². The molecule has 1 aromatic rings. The highest BCUT2D eigenvalue weighted by Crippen LogP contribution is 2.13. The third kappa shape index (κ3) is 3.78. The average Bonchev–Trinajstić information content (AvgIpc) is 2.01. The first-order chi connectivity index (χ1) is 6.21. The quantitative estimate of drug-likeness (QED) is 0.803. The second kappa shape index (κ2) is 4.48. The molecule has 0 spiro atoms. The Kier molecular flexibility index (Phi) is 4.29. The van der Waals surface area contributed by atoms with Crippen LogP contribution in [-0.2, 0) is 20.0 Å². The zero-order chi connectivity index (χ0) is 11.0. The highest BCUT2D eigenvalue weighted by Gasteiger charge is 2.11. The van der Waals surface area contributed by atoms with E-state index >= 15 is 0 Å². The van der Waals surface area contributed by atoms with Crippen molar-refractivity contribution in [3.63, 3.8) is 0 Å². The molecule has 8 heteroatoms. The maximum atomic E-state index is 11.0. The van der Waals surface area contributed by atoms with Crippen molar-refractivity contribution >= 4 is 32.4 Å². The van der Waals surface area contributed by atoms with Crippen LogP contribution in [0.1, 0.15) is 0 Å². The van der Waals surface area contributed by atoms with Crippen LogP contribution in [-0.4, -0.2) is 27.6 Å². The lowest BCUT2D eigenvalue weighted by Gasteiger charge is -1.99. The van der Waals surface area contributed by atoms with Gasteiger partial charge in [0.15, 0.2) is 9.84 Å². The molecule has 0 radical (unpaired) electrons. The van der Waals surface area contributed by atoms with Crippen LogP contribution in [0.15, 0.2) is 34.1 Å². The molecule has 0 bridgehead atoms. The Morgan fingerprint density at radius 2 is 1.27 bits per heavy atom. The van der Waals surface area contributed by atoms with Gasteiger partial charge in [0, 0.05) is 6.26 Å². The number of hydrogen-bond donors (Lipinski definition) is 1. The predicted molar refractivity (Wildman–Crippen MR) is 56.6 cm³/mol. The van der Waals surface area contributed by atoms with Gasteiger partial charge < -0.3 is 0 Å². The van der Waals surface area contributed by atoms with Gasteiger partial charge in [0.2, 0.25) is 0 Å². The maximum Gasteiger partial charge on any atom is 0.294 e. The summed E-state index contributed by atoms with van der Waals surface area (Å²) < 4.78 is 51.8. The average molecular weight is 273 g/mol. The Hall–Kier alpha value is -0.630. The summed E-state index contributed by atoms with van der Waals surface area (Å²) >= 11 is 0. The van der Waals surface area contributed by atoms with E-state index in [2.05, 4.69) is 0 Å². The van der Waals surface area contributed by atoms with E-state index < -0.39 is 20.0 Å². The molecule has 15 heavy (non-hydrogen) atoms. The Labute approximate surface area is 94.2 Å². The fourth-order valence-corrected chi connectivity index (χ4v) is 1.97. The van der Waals surface area contributed by atoms with Crippen molar-refractivity contribution in [1.82, 2.24) is 0 Å². The minimum absolute atomic E-state index is 0. The van der Waals surface area contributed by atoms with Crippen molar-refractivity contribution in [2.75, 3.05) is 6.26 Å². The van der Waals surface area contributed by atoms with Crippen LogP contribution < -0.4 is 0 Å². The fourth-order valence-electron chi connectivity index (χ4n) is 0.859. The van der Waals surface area contributed by atoms with Crippen molar-refractivity contribution in [1.29, 1.82) is 0 Å². The van der Waals surface area contributed by atoms with E-state index in [0.29, 0.717) is 0 Å². The first-order valence-corrected chi connectivity index (χ1v) is 6.82. The van der Waals surface area contributed by atoms with Gasteiger partial charge in [0.05, 0.1) is 9.79 Å². The molecular weight excluding hydrogens is 264 g/mol. The molecule has 0 aromatic heterocycles. The summed E-state index contributed by atoms with van der Waals surface area (Å²) in [6, 6.07) is 4.31. The third-order valence-electron chi connectivity index (χ3n) is 1.55. The molecule has 5 nitrogen and oxygen atoms in total. The van der Waals surface area contributed by atoms with Crippen molar-refractivity contribution < 1.29 is 21.4 Å². The summed E-state index contributed by atoms with van der Waals surface area (Å²) in [7, 11) is -7.60. The van der Waals surface area contributed by atoms with E-state index in [1.807, 2.05) is 0 Å². The Bertz CT molecular complexity index is 478. The SMILES string of the molecule is CS(=O)(=O)c1ccc(S(=O)(=O)O)cc1.Cl. The van der Waals surface area contributed by atoms with Crippen molar-refractivity contribution in [2.45, 2.75) is 9.79 Å². The van der Waals surface area contributed by atoms with Crippen LogP contribution in [0.3, 0.4) is 0 Å². The molecule has 0 saturated heterocycles. The zero-order valence-corrected chi connectivity index (χ0v) is 10.1. The number of benzene rings is 1. The first-order valence-electron chi connectivity index (χ1n) is 3.49. The van der Waals surface area contributed by atoms with E-state index in [4.69, 9.17) is 4.55 Å². The lowest BCUT2D eigenvalue weighted by atomic mass is 10.4. The summed E-state index contributed by atoms with van der Waals surface area (Å²) in [6.07, 6.45) is 1.01. The summed E-state index contributed by atoms with van der Waals surface area (Å²) in [5, 5.41) is 0. The highest BCUT2D eigenvalue weighted by atomic mass is 35.5. The van der Waals surface area contributed by atoms with Crippen LogP contribution in [0.25, 0.3) is 0 Å². The van der Waals surface area contributed by atoms with E-state index in [-0.39, 0.29) is 22.2 Å². The van der Waals surface area contributed by atoms with Crippen LogP contribution in [0.2, 0.25) is 0 Å². The normalized spacial score (nSPS) is 11.9. The van der Waals surface area contributed by atoms with Gasteiger partial charge in [-0.25, -0.2) is 8.42 Å². The number of hydrogen-bond acceptors (Lipinski definition) is 4. The standard InChI is InChI=1S/C7H8O5S2.ClH/c1-13(8,9)6-2-4-7(5-3-6)14(10,11)12;/h2-5H,1H3,(H,10,11,12);1H. The van der Waals surface area contributed by atoms with Gasteiger partial charge in [0.1, 0.15) is 0 Å². The molecule has 86 valence electrons. The summed E-state index contributed by atoms with van der Waals surface area (Å²) in [5.41, 5.74) is 0. The molecular formula is C7H9ClO5S2. The molecule has 1 aromatic carbocycles. The first kappa shape index (κ1) is 14.4. The molecule has 0 atom stereocenters. The van der Waals surface area contributed by atoms with Crippen LogP contribution in [0.5, 0.6) is 0 Å². The van der Waals surface area contributed by atoms with Gasteiger partial charge in [-0.2, -0.15) is 8.42 Å². The summed E-state index contributed by atoms with van der Waals surface area (Å²) in [5.74, 6) is 0. The number of rotatable bonds is 2. The molecule has 0 aliphatic heterocycles. The summed E-state index contributed by atoms with van der Waals surface area (Å²) in [6.45, 7) is 0. The van der Waals surface area contributed by atoms with Gasteiger partial charge in [0.25, 0.3) is 10.1 Å². The van der Waals surface area contributed by atoms with E-state index in [0.717, 1.165) is 30.5 Å². The van der Waals surface area contributed by atoms with Gasteiger partial charge in [-0.1, -0.05) is 0 Å². The predicted octanol–water partition coefficient (Wildman–Crippen LogP) is 0.759. The van der Waals surface area contributed by atoms with Crippen molar-refractivity contribution in [3.05, 3.63) is 24.3 Å². The van der Waals surface area contributed by atoms with E-state index in [1.54, 1.807) is 0 Å². The van der Waals surface area contributed by atoms with Gasteiger partial charge >= 0.3 is 0 Å². The van der Waals surface area contributed by atoms with Gasteiger partial charge in [-0.05, 0) is 24.3 Å². The molecule has 0 saturated carbocycles. The van der Waals surface area contributed by atoms with Crippen LogP contribution in [0, 0.1) is 0 Å². The largest absolute Gasteiger partial charge is 0.294 e. The molecule has 0 heterocycles. The second-order valence-corrected chi connectivity index (χ2v) is 6.16. The summed E-state index contributed by atoms with van der Waals surface area (Å²) in [4.78, 5) is -0.324. The fraction of sp³-hybridized carbons (Fsp3) is 0.143. The molecule has 0 fully saturated rings. The van der Waals surface area contributed by atoms with Gasteiger partial charge in [-0.15, -0.1) is 12.4 Å². The molecule has 0 unspecified atom stereocenters. The Morgan fingerprint density at radius 3 is 1.53 bits per heavy atom. The highest BCUT2D eigenvalue weighted by molar-refractivity contribution is 7.90. The lowest BCUT2D eigenvalue weighted by molar-refractivity contribution is 0.483. The molecule has 1 N–H and O–H groups in total. The molecule has 0 amide bonds. The van der Waals surface area contributed by atoms with Crippen molar-refractivity contribution in [3.8, 4) is 0 Å². The minimum Gasteiger partial charge on any atom is -0.282 e. The third-order valence-corrected chi connectivity index (χ3v) is 3.55. The molecule has 0 aliphatic carbocycles. The lowest BCUT2D eigenvalue weighted by Crippen LogP contribution is -2.00. The minimum atomic E-state index is -4.26. The smallest absolute Gasteiger partial charge is 0.282 e. The van der Waals surface area contributed by atoms with Crippen LogP contribution in [0.4, 0.5) is 0 Å². The topological polar surface area (TPSA) is 88.5 Å². The zero-order valence-electron chi connectivity index (χ0n) is 7.61. The number of halogens is 1. The Balaban J connectivity index is 0.00000196. The molecule has 0 aliphatic rings. The number of sulfone groups is 1. The molecule has 1 rings (SSSR count). The van der Waals surface area contributed by atoms with E-state index in [1.165, 1.54) is 0 Å². The van der Waals surface area contributed by atoms with Crippen LogP contribution >= 0.6 is 12.4 Å². The van der Waals surface area contributed by atoms with Gasteiger partial charge in [-0.3, -0.25) is 4.55 Å². The van der Waals surface area contributed by atoms with Crippen molar-refractivity contribution in [2.24, 2.45) is 0 Å². The monoisotopic (exact) mass is 272 g/mol. The second-order valence-electron chi connectivity index (χ2n) is 2.72. The Morgan fingerprint density at radius 1 is 0.933 bits per heavy atom.